The molecule has 0 amide bonds. The molecule has 1 saturated carbocycles. The van der Waals surface area contributed by atoms with Gasteiger partial charge >= 0.3 is 0 Å². The zero-order valence-corrected chi connectivity index (χ0v) is 18.2. The molecule has 1 saturated heterocycles. The van der Waals surface area contributed by atoms with E-state index < -0.39 is 0 Å². The fourth-order valence-corrected chi connectivity index (χ4v) is 3.84. The summed E-state index contributed by atoms with van der Waals surface area (Å²) in [5, 5.41) is 4.28. The van der Waals surface area contributed by atoms with Crippen molar-refractivity contribution in [3.63, 3.8) is 0 Å². The van der Waals surface area contributed by atoms with E-state index in [9.17, 15) is 0 Å². The van der Waals surface area contributed by atoms with E-state index in [0.717, 1.165) is 59.8 Å². The average molecular weight is 433 g/mol. The van der Waals surface area contributed by atoms with Crippen molar-refractivity contribution in [1.82, 2.24) is 20.4 Å². The minimum absolute atomic E-state index is 0.364. The molecule has 2 aromatic heterocycles. The van der Waals surface area contributed by atoms with Gasteiger partial charge in [-0.05, 0) is 62.2 Å². The van der Waals surface area contributed by atoms with E-state index in [1.54, 1.807) is 6.20 Å². The summed E-state index contributed by atoms with van der Waals surface area (Å²) >= 11 is 7.40. The van der Waals surface area contributed by atoms with E-state index in [1.807, 2.05) is 25.1 Å². The van der Waals surface area contributed by atoms with Gasteiger partial charge < -0.3 is 9.15 Å². The highest BCUT2D eigenvalue weighted by Crippen LogP contribution is 2.42. The Labute approximate surface area is 180 Å². The Kier molecular flexibility index (Phi) is 6.60. The Bertz CT molecular complexity index is 896. The molecule has 1 aliphatic heterocycles. The van der Waals surface area contributed by atoms with Crippen LogP contribution in [0.1, 0.15) is 43.7 Å². The van der Waals surface area contributed by atoms with E-state index >= 15 is 0 Å². The molecule has 2 aliphatic rings. The van der Waals surface area contributed by atoms with Crippen LogP contribution in [-0.4, -0.2) is 35.1 Å². The smallest absolute Gasteiger partial charge is 0.199 e. The zero-order valence-electron chi connectivity index (χ0n) is 16.7. The second-order valence-electron chi connectivity index (χ2n) is 7.27. The second kappa shape index (κ2) is 9.34. The molecular weight excluding hydrogens is 408 g/mol. The third kappa shape index (κ3) is 5.63. The number of aromatic nitrogens is 2. The number of pyridine rings is 1. The van der Waals surface area contributed by atoms with Gasteiger partial charge in [0.2, 0.25) is 0 Å². The van der Waals surface area contributed by atoms with Crippen molar-refractivity contribution in [2.75, 3.05) is 20.1 Å². The van der Waals surface area contributed by atoms with Crippen molar-refractivity contribution in [2.24, 2.45) is 0 Å². The van der Waals surface area contributed by atoms with Crippen LogP contribution in [0.2, 0.25) is 5.02 Å². The Morgan fingerprint density at radius 3 is 2.97 bits per heavy atom. The molecule has 154 valence electrons. The fraction of sp³-hybridized carbons (Fsp3) is 0.429. The van der Waals surface area contributed by atoms with Gasteiger partial charge in [-0.15, -0.1) is 0 Å². The monoisotopic (exact) mass is 432 g/mol. The van der Waals surface area contributed by atoms with Gasteiger partial charge in [-0.2, -0.15) is 0 Å². The minimum Gasteiger partial charge on any atom is -0.487 e. The van der Waals surface area contributed by atoms with Crippen LogP contribution in [0.15, 0.2) is 56.3 Å². The first-order chi connectivity index (χ1) is 14.1. The molecule has 0 atom stereocenters. The average Bonchev–Trinajstić information content (AvgIpc) is 3.50. The molecule has 3 heterocycles. The summed E-state index contributed by atoms with van der Waals surface area (Å²) < 4.78 is 12.1. The van der Waals surface area contributed by atoms with Gasteiger partial charge in [0.15, 0.2) is 11.0 Å². The molecule has 29 heavy (non-hydrogen) atoms. The standard InChI is InChI=1S/C21H25ClN4O2S/c1-3-17(10-14-8-9-26(2)24-11-14)27-13-18-21(28-20(25-18)15-4-5-15)29-19-7-6-16(22)12-23-19/h3,6-7,10,12,15,24H,4-5,8-9,11,13H2,1-2H3/b14-10-,17-3+. The van der Waals surface area contributed by atoms with Gasteiger partial charge in [-0.3, -0.25) is 5.43 Å². The Balaban J connectivity index is 1.45. The highest BCUT2D eigenvalue weighted by Gasteiger charge is 2.30. The van der Waals surface area contributed by atoms with Crippen LogP contribution in [-0.2, 0) is 11.3 Å². The van der Waals surface area contributed by atoms with Crippen molar-refractivity contribution < 1.29 is 9.15 Å². The lowest BCUT2D eigenvalue weighted by atomic mass is 10.1. The molecule has 2 fully saturated rings. The minimum atomic E-state index is 0.364. The Morgan fingerprint density at radius 1 is 1.45 bits per heavy atom. The summed E-state index contributed by atoms with van der Waals surface area (Å²) in [6.45, 7) is 4.19. The van der Waals surface area contributed by atoms with Gasteiger partial charge in [-0.25, -0.2) is 15.0 Å². The lowest BCUT2D eigenvalue weighted by molar-refractivity contribution is 0.199. The van der Waals surface area contributed by atoms with E-state index in [0.29, 0.717) is 17.5 Å². The molecule has 1 aliphatic carbocycles. The van der Waals surface area contributed by atoms with Crippen LogP contribution < -0.4 is 5.43 Å². The number of allylic oxidation sites excluding steroid dienone is 2. The van der Waals surface area contributed by atoms with Crippen LogP contribution in [0, 0.1) is 0 Å². The Morgan fingerprint density at radius 2 is 2.31 bits per heavy atom. The molecule has 1 N–H and O–H groups in total. The van der Waals surface area contributed by atoms with E-state index in [4.69, 9.17) is 25.7 Å². The Hall–Kier alpha value is -1.80. The van der Waals surface area contributed by atoms with Crippen LogP contribution in [0.3, 0.4) is 0 Å². The largest absolute Gasteiger partial charge is 0.487 e. The molecule has 0 spiro atoms. The third-order valence-corrected chi connectivity index (χ3v) is 6.03. The number of nitrogens with zero attached hydrogens (tertiary/aromatic N) is 3. The van der Waals surface area contributed by atoms with Crippen LogP contribution in [0.5, 0.6) is 0 Å². The number of rotatable bonds is 7. The maximum absolute atomic E-state index is 6.08. The predicted molar refractivity (Wildman–Crippen MR) is 114 cm³/mol. The number of nitrogens with one attached hydrogen (secondary N) is 1. The molecule has 0 unspecified atom stereocenters. The number of hydrogen-bond acceptors (Lipinski definition) is 7. The number of hydrazine groups is 1. The fourth-order valence-electron chi connectivity index (χ4n) is 2.95. The summed E-state index contributed by atoms with van der Waals surface area (Å²) in [6, 6.07) is 3.71. The van der Waals surface area contributed by atoms with Crippen molar-refractivity contribution in [3.05, 3.63) is 58.4 Å². The lowest BCUT2D eigenvalue weighted by Crippen LogP contribution is -2.41. The summed E-state index contributed by atoms with van der Waals surface area (Å²) in [5.41, 5.74) is 5.48. The van der Waals surface area contributed by atoms with Crippen LogP contribution >= 0.6 is 23.4 Å². The second-order valence-corrected chi connectivity index (χ2v) is 8.70. The van der Waals surface area contributed by atoms with E-state index in [1.165, 1.54) is 17.3 Å². The summed E-state index contributed by atoms with van der Waals surface area (Å²) in [6.07, 6.45) is 9.05. The number of oxazole rings is 1. The highest BCUT2D eigenvalue weighted by molar-refractivity contribution is 7.99. The van der Waals surface area contributed by atoms with Crippen molar-refractivity contribution in [1.29, 1.82) is 0 Å². The topological polar surface area (TPSA) is 63.4 Å². The van der Waals surface area contributed by atoms with E-state index in [2.05, 4.69) is 28.5 Å². The quantitative estimate of drug-likeness (QED) is 0.621. The van der Waals surface area contributed by atoms with Gasteiger partial charge in [0.1, 0.15) is 23.1 Å². The third-order valence-electron chi connectivity index (χ3n) is 4.85. The summed E-state index contributed by atoms with van der Waals surface area (Å²) in [4.78, 5) is 9.07. The SMILES string of the molecule is C/C=C(\C=C1\CCN(C)NC1)OCc1nc(C2CC2)oc1Sc1ccc(Cl)cn1. The maximum Gasteiger partial charge on any atom is 0.199 e. The molecule has 6 nitrogen and oxygen atoms in total. The number of halogens is 1. The maximum atomic E-state index is 6.08. The first kappa shape index (κ1) is 20.5. The molecule has 8 heteroatoms. The predicted octanol–water partition coefficient (Wildman–Crippen LogP) is 4.94. The van der Waals surface area contributed by atoms with Gasteiger partial charge in [0.05, 0.1) is 5.02 Å². The number of ether oxygens (including phenoxy) is 1. The van der Waals surface area contributed by atoms with Crippen LogP contribution in [0.25, 0.3) is 0 Å². The molecule has 2 aromatic rings. The molecule has 0 bridgehead atoms. The number of hydrogen-bond donors (Lipinski definition) is 1. The lowest BCUT2D eigenvalue weighted by Gasteiger charge is -2.25. The van der Waals surface area contributed by atoms with Crippen molar-refractivity contribution in [3.8, 4) is 0 Å². The van der Waals surface area contributed by atoms with E-state index in [-0.39, 0.29) is 0 Å². The van der Waals surface area contributed by atoms with Crippen molar-refractivity contribution in [2.45, 2.75) is 48.8 Å². The van der Waals surface area contributed by atoms with Gasteiger partial charge in [-0.1, -0.05) is 17.2 Å². The molecule has 0 aromatic carbocycles. The normalized spacial score (nSPS) is 19.7. The van der Waals surface area contributed by atoms with Gasteiger partial charge in [0.25, 0.3) is 0 Å². The highest BCUT2D eigenvalue weighted by atomic mass is 35.5. The zero-order chi connectivity index (χ0) is 20.2. The first-order valence-electron chi connectivity index (χ1n) is 9.83. The van der Waals surface area contributed by atoms with Crippen molar-refractivity contribution >= 4 is 23.4 Å². The van der Waals surface area contributed by atoms with Crippen LogP contribution in [0.4, 0.5) is 0 Å². The summed E-state index contributed by atoms with van der Waals surface area (Å²) in [5.74, 6) is 2.10. The van der Waals surface area contributed by atoms with Gasteiger partial charge in [0, 0.05) is 32.3 Å². The molecule has 4 rings (SSSR count). The summed E-state index contributed by atoms with van der Waals surface area (Å²) in [7, 11) is 2.06. The molecule has 0 radical (unpaired) electrons. The first-order valence-corrected chi connectivity index (χ1v) is 11.0. The molecular formula is C21H25ClN4O2S.